The minimum atomic E-state index is -0.833. The topological polar surface area (TPSA) is 115 Å². The normalized spacial score (nSPS) is 16.3. The fraction of sp³-hybridized carbons (Fsp3) is 0.150. The zero-order chi connectivity index (χ0) is 21.7. The van der Waals surface area contributed by atoms with Gasteiger partial charge in [-0.3, -0.25) is 25.9 Å². The van der Waals surface area contributed by atoms with Gasteiger partial charge in [0.1, 0.15) is 11.3 Å². The van der Waals surface area contributed by atoms with Gasteiger partial charge in [-0.05, 0) is 55.5 Å². The third kappa shape index (κ3) is 5.52. The van der Waals surface area contributed by atoms with Crippen molar-refractivity contribution in [2.24, 2.45) is 5.10 Å². The number of carbonyl (C=O) groups excluding carboxylic acids is 2. The average molecular weight is 493 g/mol. The van der Waals surface area contributed by atoms with Crippen molar-refractivity contribution in [2.45, 2.75) is 19.4 Å². The first-order chi connectivity index (χ1) is 14.3. The molecule has 0 bridgehead atoms. The fourth-order valence-electron chi connectivity index (χ4n) is 2.73. The van der Waals surface area contributed by atoms with E-state index in [0.29, 0.717) is 16.4 Å². The molecule has 0 saturated heterocycles. The highest BCUT2D eigenvalue weighted by molar-refractivity contribution is 9.10. The molecule has 156 valence electrons. The Morgan fingerprint density at radius 1 is 1.17 bits per heavy atom. The molecule has 0 spiro atoms. The number of benzene rings is 2. The van der Waals surface area contributed by atoms with Gasteiger partial charge in [0.15, 0.2) is 0 Å². The second-order valence-corrected chi connectivity index (χ2v) is 7.84. The second kappa shape index (κ2) is 9.64. The van der Waals surface area contributed by atoms with Crippen LogP contribution in [0.15, 0.2) is 69.4 Å². The van der Waals surface area contributed by atoms with Crippen molar-refractivity contribution in [3.8, 4) is 0 Å². The summed E-state index contributed by atoms with van der Waals surface area (Å²) in [7, 11) is 0. The molecule has 1 heterocycles. The summed E-state index contributed by atoms with van der Waals surface area (Å²) in [6.45, 7) is 1.59. The summed E-state index contributed by atoms with van der Waals surface area (Å²) in [4.78, 5) is 24.5. The third-order valence-corrected chi connectivity index (χ3v) is 5.04. The molecule has 0 aliphatic carbocycles. The Morgan fingerprint density at radius 3 is 2.47 bits per heavy atom. The van der Waals surface area contributed by atoms with Gasteiger partial charge < -0.3 is 10.4 Å². The lowest BCUT2D eigenvalue weighted by atomic mass is 10.1. The molecule has 1 aliphatic rings. The van der Waals surface area contributed by atoms with Crippen LogP contribution in [0.5, 0.6) is 0 Å². The van der Waals surface area contributed by atoms with Gasteiger partial charge in [-0.2, -0.15) is 5.10 Å². The van der Waals surface area contributed by atoms with Crippen molar-refractivity contribution >= 4 is 56.4 Å². The van der Waals surface area contributed by atoms with E-state index in [-0.39, 0.29) is 23.5 Å². The molecular weight excluding hydrogens is 474 g/mol. The summed E-state index contributed by atoms with van der Waals surface area (Å²) in [5.41, 5.74) is 9.80. The van der Waals surface area contributed by atoms with Crippen LogP contribution in [0.4, 0.5) is 11.4 Å². The van der Waals surface area contributed by atoms with Gasteiger partial charge in [0.2, 0.25) is 5.91 Å². The van der Waals surface area contributed by atoms with E-state index in [1.165, 1.54) is 0 Å². The molecule has 2 aromatic rings. The van der Waals surface area contributed by atoms with E-state index in [1.54, 1.807) is 43.3 Å². The number of hydrazone groups is 1. The summed E-state index contributed by atoms with van der Waals surface area (Å²) >= 11 is 9.17. The van der Waals surface area contributed by atoms with Gasteiger partial charge >= 0.3 is 0 Å². The average Bonchev–Trinajstić information content (AvgIpc) is 3.00. The molecule has 0 radical (unpaired) electrons. The first-order valence-electron chi connectivity index (χ1n) is 8.94. The molecule has 8 nitrogen and oxygen atoms in total. The predicted octanol–water partition coefficient (Wildman–Crippen LogP) is 3.73. The van der Waals surface area contributed by atoms with Crippen molar-refractivity contribution in [1.29, 1.82) is 0 Å². The number of aliphatic hydroxyl groups excluding tert-OH is 1. The number of hydrazine groups is 1. The molecule has 0 aromatic heterocycles. The van der Waals surface area contributed by atoms with Crippen molar-refractivity contribution < 1.29 is 14.7 Å². The van der Waals surface area contributed by atoms with Crippen LogP contribution in [0.2, 0.25) is 5.02 Å². The zero-order valence-corrected chi connectivity index (χ0v) is 18.2. The van der Waals surface area contributed by atoms with E-state index < -0.39 is 17.9 Å². The van der Waals surface area contributed by atoms with Gasteiger partial charge in [0.05, 0.1) is 29.5 Å². The van der Waals surface area contributed by atoms with E-state index in [1.807, 2.05) is 12.1 Å². The molecular formula is C20H19BrClN5O3. The quantitative estimate of drug-likeness (QED) is 0.298. The highest BCUT2D eigenvalue weighted by atomic mass is 79.9. The van der Waals surface area contributed by atoms with Gasteiger partial charge in [0, 0.05) is 9.50 Å². The lowest BCUT2D eigenvalue weighted by molar-refractivity contribution is -0.121. The number of aliphatic hydroxyl groups is 1. The first kappa shape index (κ1) is 21.7. The summed E-state index contributed by atoms with van der Waals surface area (Å²) < 4.78 is 0.915. The molecule has 1 atom stereocenters. The molecule has 2 aromatic carbocycles. The maximum absolute atomic E-state index is 12.3. The summed E-state index contributed by atoms with van der Waals surface area (Å²) in [6, 6.07) is 13.2. The van der Waals surface area contributed by atoms with Gasteiger partial charge in [-0.1, -0.05) is 27.5 Å². The Morgan fingerprint density at radius 2 is 1.80 bits per heavy atom. The van der Waals surface area contributed by atoms with Crippen molar-refractivity contribution in [1.82, 2.24) is 10.7 Å². The largest absolute Gasteiger partial charge is 0.509 e. The van der Waals surface area contributed by atoms with Gasteiger partial charge in [-0.15, -0.1) is 0 Å². The smallest absolute Gasteiger partial charge is 0.257 e. The second-order valence-electron chi connectivity index (χ2n) is 6.49. The number of hydrogen-bond acceptors (Lipinski definition) is 6. The maximum Gasteiger partial charge on any atom is 0.257 e. The zero-order valence-electron chi connectivity index (χ0n) is 15.9. The highest BCUT2D eigenvalue weighted by Gasteiger charge is 2.34. The number of carbonyl (C=O) groups is 2. The molecule has 0 saturated carbocycles. The number of nitrogens with one attached hydrogen (secondary N) is 4. The number of hydrogen-bond donors (Lipinski definition) is 5. The number of rotatable bonds is 7. The van der Waals surface area contributed by atoms with E-state index >= 15 is 0 Å². The lowest BCUT2D eigenvalue weighted by Crippen LogP contribution is -2.37. The first-order valence-corrected chi connectivity index (χ1v) is 10.1. The molecule has 5 N–H and O–H groups in total. The van der Waals surface area contributed by atoms with Crippen LogP contribution < -0.4 is 21.6 Å². The minimum Gasteiger partial charge on any atom is -0.509 e. The van der Waals surface area contributed by atoms with Crippen LogP contribution in [0.25, 0.3) is 0 Å². The van der Waals surface area contributed by atoms with Crippen LogP contribution in [0, 0.1) is 0 Å². The van der Waals surface area contributed by atoms with Crippen LogP contribution in [0.3, 0.4) is 0 Å². The molecule has 3 rings (SSSR count). The summed E-state index contributed by atoms with van der Waals surface area (Å²) in [5.74, 6) is -1.12. The highest BCUT2D eigenvalue weighted by Crippen LogP contribution is 2.20. The third-order valence-electron chi connectivity index (χ3n) is 4.26. The van der Waals surface area contributed by atoms with Crippen LogP contribution >= 0.6 is 27.5 Å². The van der Waals surface area contributed by atoms with Crippen molar-refractivity contribution in [3.63, 3.8) is 0 Å². The van der Waals surface area contributed by atoms with Crippen molar-refractivity contribution in [2.75, 3.05) is 10.9 Å². The van der Waals surface area contributed by atoms with E-state index in [0.717, 1.165) is 4.47 Å². The Bertz CT molecular complexity index is 1010. The van der Waals surface area contributed by atoms with E-state index in [4.69, 9.17) is 11.6 Å². The van der Waals surface area contributed by atoms with Gasteiger partial charge in [-0.25, -0.2) is 0 Å². The Labute approximate surface area is 186 Å². The SMILES string of the molecule is CC(=NNc1ccc(Cl)cc1)C1=C(O)C(CC(=O)NNc2ccc(Br)cc2)NC1=O. The van der Waals surface area contributed by atoms with Crippen LogP contribution in [0.1, 0.15) is 13.3 Å². The molecule has 30 heavy (non-hydrogen) atoms. The molecule has 0 fully saturated rings. The molecule has 10 heteroatoms. The minimum absolute atomic E-state index is 0.0372. The Balaban J connectivity index is 1.60. The van der Waals surface area contributed by atoms with Crippen LogP contribution in [-0.2, 0) is 9.59 Å². The molecule has 2 amide bonds. The predicted molar refractivity (Wildman–Crippen MR) is 120 cm³/mol. The summed E-state index contributed by atoms with van der Waals surface area (Å²) in [5, 5.41) is 17.8. The summed E-state index contributed by atoms with van der Waals surface area (Å²) in [6.07, 6.45) is -0.136. The van der Waals surface area contributed by atoms with Crippen molar-refractivity contribution in [3.05, 3.63) is 69.4 Å². The maximum atomic E-state index is 12.3. The lowest BCUT2D eigenvalue weighted by Gasteiger charge is -2.12. The number of halogens is 2. The number of amides is 2. The standard InChI is InChI=1S/C20H19BrClN5O3/c1-11(24-25-15-8-4-13(22)5-9-15)18-19(29)16(23-20(18)30)10-17(28)27-26-14-6-2-12(21)3-7-14/h2-9,16,25-26,29H,10H2,1H3,(H,23,30)(H,27,28). The fourth-order valence-corrected chi connectivity index (χ4v) is 3.12. The Kier molecular flexibility index (Phi) is 6.96. The number of nitrogens with zero attached hydrogens (tertiary/aromatic N) is 1. The van der Waals surface area contributed by atoms with Crippen LogP contribution in [-0.4, -0.2) is 28.7 Å². The monoisotopic (exact) mass is 491 g/mol. The Hall–Kier alpha value is -3.04. The number of anilines is 2. The van der Waals surface area contributed by atoms with Gasteiger partial charge in [0.25, 0.3) is 5.91 Å². The van der Waals surface area contributed by atoms with E-state index in [2.05, 4.69) is 42.6 Å². The van der Waals surface area contributed by atoms with E-state index in [9.17, 15) is 14.7 Å². The molecule has 1 aliphatic heterocycles. The molecule has 1 unspecified atom stereocenters.